The largest absolute Gasteiger partial charge is 0.383 e. The third kappa shape index (κ3) is 4.27. The average Bonchev–Trinajstić information content (AvgIpc) is 2.77. The van der Waals surface area contributed by atoms with Crippen LogP contribution in [0.2, 0.25) is 0 Å². The summed E-state index contributed by atoms with van der Waals surface area (Å²) in [5.41, 5.74) is 0.0805. The molecule has 0 bridgehead atoms. The number of rotatable bonds is 6. The maximum Gasteiger partial charge on any atom is 0.274 e. The summed E-state index contributed by atoms with van der Waals surface area (Å²) in [7, 11) is -3.58. The van der Waals surface area contributed by atoms with Gasteiger partial charge in [-0.05, 0) is 31.6 Å². The summed E-state index contributed by atoms with van der Waals surface area (Å²) in [6.45, 7) is -4.48. The Labute approximate surface area is 131 Å². The van der Waals surface area contributed by atoms with Crippen molar-refractivity contribution < 1.29 is 30.7 Å². The van der Waals surface area contributed by atoms with E-state index in [0.717, 1.165) is 11.3 Å². The van der Waals surface area contributed by atoms with Gasteiger partial charge in [0, 0.05) is 20.2 Å². The van der Waals surface area contributed by atoms with E-state index in [1.165, 1.54) is 19.4 Å². The zero-order valence-electron chi connectivity index (χ0n) is 16.9. The number of anilines is 1. The molecule has 0 saturated carbocycles. The van der Waals surface area contributed by atoms with E-state index in [4.69, 9.17) is 17.5 Å². The highest BCUT2D eigenvalue weighted by atomic mass is 32.2. The van der Waals surface area contributed by atoms with Crippen molar-refractivity contribution in [3.05, 3.63) is 15.8 Å². The molecule has 6 nitrogen and oxygen atoms in total. The molecule has 1 unspecified atom stereocenters. The average molecular weight is 327 g/mol. The molecule has 0 aliphatic carbocycles. The van der Waals surface area contributed by atoms with Crippen LogP contribution in [0.3, 0.4) is 0 Å². The van der Waals surface area contributed by atoms with Crippen molar-refractivity contribution >= 4 is 33.0 Å². The van der Waals surface area contributed by atoms with Crippen LogP contribution < -0.4 is 4.90 Å². The molecule has 20 heavy (non-hydrogen) atoms. The fourth-order valence-corrected chi connectivity index (χ4v) is 2.88. The van der Waals surface area contributed by atoms with E-state index in [-0.39, 0.29) is 16.1 Å². The van der Waals surface area contributed by atoms with Crippen LogP contribution >= 0.6 is 11.3 Å². The van der Waals surface area contributed by atoms with Gasteiger partial charge in [0.05, 0.1) is 18.3 Å². The van der Waals surface area contributed by atoms with Crippen LogP contribution in [0.1, 0.15) is 25.5 Å². The monoisotopic (exact) mass is 327 g/mol. The summed E-state index contributed by atoms with van der Waals surface area (Å²) in [6.07, 6.45) is 0. The highest BCUT2D eigenvalue weighted by molar-refractivity contribution is 7.86. The van der Waals surface area contributed by atoms with Gasteiger partial charge in [-0.3, -0.25) is 9.35 Å². The van der Waals surface area contributed by atoms with E-state index in [1.54, 1.807) is 0 Å². The van der Waals surface area contributed by atoms with Crippen LogP contribution in [0.4, 0.5) is 5.69 Å². The number of nitrogens with zero attached hydrogens (tertiary/aromatic N) is 1. The third-order valence-electron chi connectivity index (χ3n) is 2.39. The molecule has 1 atom stereocenters. The van der Waals surface area contributed by atoms with Crippen LogP contribution in [0, 0.1) is 13.8 Å². The van der Waals surface area contributed by atoms with E-state index in [9.17, 15) is 13.2 Å². The predicted octanol–water partition coefficient (Wildman–Crippen LogP) is 1.62. The molecule has 0 fully saturated rings. The van der Waals surface area contributed by atoms with Crippen molar-refractivity contribution in [3.8, 4) is 0 Å². The lowest BCUT2D eigenvalue weighted by Crippen LogP contribution is -2.44. The minimum absolute atomic E-state index is 0.207. The third-order valence-corrected chi connectivity index (χ3v) is 3.91. The van der Waals surface area contributed by atoms with Gasteiger partial charge in [0.25, 0.3) is 10.1 Å². The molecule has 1 N–H and O–H groups in total. The van der Waals surface area contributed by atoms with Crippen molar-refractivity contribution in [2.45, 2.75) is 26.7 Å². The second kappa shape index (κ2) is 6.66. The molecule has 0 spiro atoms. The Balaban J connectivity index is 3.66. The minimum Gasteiger partial charge on any atom is -0.383 e. The molecule has 1 aromatic rings. The summed E-state index contributed by atoms with van der Waals surface area (Å²) < 4.78 is 81.9. The first-order chi connectivity index (χ1) is 11.6. The van der Waals surface area contributed by atoms with Crippen LogP contribution in [-0.4, -0.2) is 44.4 Å². The summed E-state index contributed by atoms with van der Waals surface area (Å²) in [5.74, 6) is -2.66. The molecule has 0 aromatic carbocycles. The molecule has 1 aromatic heterocycles. The SMILES string of the molecule is [2H]C([2H])([2H])c1scc(C)c1N(C(=O)CS(=O)(=O)O)C(COC)C([2H])([2H])[2H]. The Morgan fingerprint density at radius 2 is 2.35 bits per heavy atom. The van der Waals surface area contributed by atoms with E-state index in [1.807, 2.05) is 0 Å². The molecule has 0 saturated heterocycles. The van der Waals surface area contributed by atoms with Crippen molar-refractivity contribution in [2.75, 3.05) is 24.4 Å². The fraction of sp³-hybridized carbons (Fsp3) is 0.583. The molecule has 114 valence electrons. The van der Waals surface area contributed by atoms with Gasteiger partial charge in [-0.15, -0.1) is 11.3 Å². The van der Waals surface area contributed by atoms with Crippen LogP contribution in [0.5, 0.6) is 0 Å². The second-order valence-corrected chi connectivity index (χ2v) is 6.39. The zero-order valence-corrected chi connectivity index (χ0v) is 12.5. The summed E-state index contributed by atoms with van der Waals surface area (Å²) in [6, 6.07) is -1.64. The van der Waals surface area contributed by atoms with Crippen molar-refractivity contribution in [3.63, 3.8) is 0 Å². The Bertz CT molecular complexity index is 755. The Hall–Kier alpha value is -0.960. The summed E-state index contributed by atoms with van der Waals surface area (Å²) in [5, 5.41) is 1.42. The molecule has 8 heteroatoms. The van der Waals surface area contributed by atoms with Crippen molar-refractivity contribution in [1.82, 2.24) is 0 Å². The lowest BCUT2D eigenvalue weighted by molar-refractivity contribution is -0.116. The molecule has 1 amide bonds. The first-order valence-corrected chi connectivity index (χ1v) is 7.93. The molecule has 0 radical (unpaired) electrons. The van der Waals surface area contributed by atoms with E-state index < -0.39 is 48.1 Å². The van der Waals surface area contributed by atoms with Gasteiger partial charge in [0.15, 0.2) is 5.75 Å². The van der Waals surface area contributed by atoms with Crippen molar-refractivity contribution in [1.29, 1.82) is 0 Å². The highest BCUT2D eigenvalue weighted by Gasteiger charge is 2.28. The number of carbonyl (C=O) groups is 1. The quantitative estimate of drug-likeness (QED) is 0.803. The van der Waals surface area contributed by atoms with E-state index >= 15 is 0 Å². The van der Waals surface area contributed by atoms with E-state index in [0.29, 0.717) is 4.90 Å². The molecular formula is C12H19NO5S2. The number of hydrogen-bond donors (Lipinski definition) is 1. The number of amides is 1. The molecule has 1 heterocycles. The molecule has 0 aliphatic heterocycles. The number of carbonyl (C=O) groups excluding carboxylic acids is 1. The Morgan fingerprint density at radius 3 is 2.85 bits per heavy atom. The smallest absolute Gasteiger partial charge is 0.274 e. The number of methoxy groups -OCH3 is 1. The maximum absolute atomic E-state index is 12.6. The van der Waals surface area contributed by atoms with Gasteiger partial charge in [0.2, 0.25) is 5.91 Å². The van der Waals surface area contributed by atoms with Crippen molar-refractivity contribution in [2.24, 2.45) is 0 Å². The molecule has 1 rings (SSSR count). The van der Waals surface area contributed by atoms with Gasteiger partial charge >= 0.3 is 0 Å². The maximum atomic E-state index is 12.6. The van der Waals surface area contributed by atoms with Crippen LogP contribution in [-0.2, 0) is 19.6 Å². The van der Waals surface area contributed by atoms with Gasteiger partial charge in [-0.25, -0.2) is 0 Å². The fourth-order valence-electron chi connectivity index (χ4n) is 1.65. The van der Waals surface area contributed by atoms with Gasteiger partial charge < -0.3 is 9.64 Å². The minimum atomic E-state index is -4.77. The number of thiophene rings is 1. The standard InChI is InChI=1S/C12H19NO5S2/c1-8-6-19-10(3)12(8)13(9(2)5-18-4)11(14)7-20(15,16)17/h6,9H,5,7H2,1-4H3,(H,15,16,17)/i2D3,3D3. The highest BCUT2D eigenvalue weighted by Crippen LogP contribution is 2.32. The first kappa shape index (κ1) is 9.88. The zero-order chi connectivity index (χ0) is 20.5. The predicted molar refractivity (Wildman–Crippen MR) is 79.0 cm³/mol. The molecular weight excluding hydrogens is 302 g/mol. The first-order valence-electron chi connectivity index (χ1n) is 8.44. The van der Waals surface area contributed by atoms with Gasteiger partial charge in [-0.2, -0.15) is 8.42 Å². The number of hydrogen-bond acceptors (Lipinski definition) is 5. The Kier molecular flexibility index (Phi) is 3.29. The number of aryl methyl sites for hydroxylation is 2. The van der Waals surface area contributed by atoms with E-state index in [2.05, 4.69) is 0 Å². The topological polar surface area (TPSA) is 83.9 Å². The molecule has 0 aliphatic rings. The lowest BCUT2D eigenvalue weighted by Gasteiger charge is -2.29. The van der Waals surface area contributed by atoms with Crippen LogP contribution in [0.15, 0.2) is 5.38 Å². The normalized spacial score (nSPS) is 18.9. The Morgan fingerprint density at radius 1 is 1.65 bits per heavy atom. The summed E-state index contributed by atoms with van der Waals surface area (Å²) >= 11 is 0.800. The van der Waals surface area contributed by atoms with Gasteiger partial charge in [-0.1, -0.05) is 0 Å². The second-order valence-electron chi connectivity index (χ2n) is 4.06. The van der Waals surface area contributed by atoms with Gasteiger partial charge in [0.1, 0.15) is 0 Å². The lowest BCUT2D eigenvalue weighted by atomic mass is 10.2. The number of ether oxygens (including phenoxy) is 1. The van der Waals surface area contributed by atoms with Crippen LogP contribution in [0.25, 0.3) is 0 Å². The summed E-state index contributed by atoms with van der Waals surface area (Å²) in [4.78, 5) is 12.9.